The molecular formula is C8H9O4-. The summed E-state index contributed by atoms with van der Waals surface area (Å²) in [6.07, 6.45) is 0. The van der Waals surface area contributed by atoms with E-state index in [0.717, 1.165) is 0 Å². The number of carbonyl (C=O) groups excluding carboxylic acids is 2. The van der Waals surface area contributed by atoms with Crippen LogP contribution < -0.4 is 5.11 Å². The zero-order valence-electron chi connectivity index (χ0n) is 7.13. The average Bonchev–Trinajstić information content (AvgIpc) is 2.02. The summed E-state index contributed by atoms with van der Waals surface area (Å²) in [4.78, 5) is 21.4. The second-order valence-electron chi connectivity index (χ2n) is 3.19. The number of ether oxygens (including phenoxy) is 1. The van der Waals surface area contributed by atoms with E-state index in [-0.39, 0.29) is 5.57 Å². The number of hydrogen-bond acceptors (Lipinski definition) is 4. The third-order valence-corrected chi connectivity index (χ3v) is 2.03. The van der Waals surface area contributed by atoms with Crippen LogP contribution in [0.5, 0.6) is 0 Å². The highest BCUT2D eigenvalue weighted by Crippen LogP contribution is 2.31. The summed E-state index contributed by atoms with van der Waals surface area (Å²) in [5.74, 6) is -2.28. The number of aliphatic carboxylic acids is 1. The lowest BCUT2D eigenvalue weighted by Crippen LogP contribution is -2.27. The van der Waals surface area contributed by atoms with Gasteiger partial charge in [0.05, 0.1) is 11.5 Å². The Morgan fingerprint density at radius 2 is 2.00 bits per heavy atom. The van der Waals surface area contributed by atoms with E-state index >= 15 is 0 Å². The minimum atomic E-state index is -1.47. The normalized spacial score (nSPS) is 21.1. The van der Waals surface area contributed by atoms with Crippen LogP contribution in [0, 0.1) is 0 Å². The van der Waals surface area contributed by atoms with Crippen molar-refractivity contribution < 1.29 is 19.4 Å². The first-order valence-electron chi connectivity index (χ1n) is 3.52. The quantitative estimate of drug-likeness (QED) is 0.388. The van der Waals surface area contributed by atoms with Gasteiger partial charge in [-0.2, -0.15) is 0 Å². The minimum absolute atomic E-state index is 0.347. The number of hydrogen-bond donors (Lipinski definition) is 0. The average molecular weight is 169 g/mol. The van der Waals surface area contributed by atoms with Crippen LogP contribution in [0.25, 0.3) is 0 Å². The van der Waals surface area contributed by atoms with Crippen molar-refractivity contribution in [1.29, 1.82) is 0 Å². The summed E-state index contributed by atoms with van der Waals surface area (Å²) in [5, 5.41) is 10.4. The van der Waals surface area contributed by atoms with Crippen molar-refractivity contribution in [2.45, 2.75) is 26.4 Å². The Bertz CT molecular complexity index is 285. The van der Waals surface area contributed by atoms with E-state index in [1.54, 1.807) is 20.8 Å². The molecule has 0 spiro atoms. The molecule has 0 atom stereocenters. The van der Waals surface area contributed by atoms with Crippen LogP contribution in [0.15, 0.2) is 11.1 Å². The van der Waals surface area contributed by atoms with E-state index in [0.29, 0.717) is 5.57 Å². The van der Waals surface area contributed by atoms with Crippen LogP contribution in [0.3, 0.4) is 0 Å². The first-order valence-corrected chi connectivity index (χ1v) is 3.52. The number of rotatable bonds is 1. The van der Waals surface area contributed by atoms with Gasteiger partial charge in [-0.15, -0.1) is 0 Å². The fourth-order valence-corrected chi connectivity index (χ4v) is 1.05. The van der Waals surface area contributed by atoms with Crippen LogP contribution in [0.4, 0.5) is 0 Å². The standard InChI is InChI=1S/C8H10O4/c1-4-5(6(9)10)7(11)12-8(4,2)3/h1-3H3,(H,9,10)/p-1. The number of carbonyl (C=O) groups is 2. The van der Waals surface area contributed by atoms with Gasteiger partial charge in [0.1, 0.15) is 5.60 Å². The Morgan fingerprint density at radius 1 is 1.50 bits per heavy atom. The second kappa shape index (κ2) is 2.33. The fraction of sp³-hybridized carbons (Fsp3) is 0.500. The molecule has 4 heteroatoms. The smallest absolute Gasteiger partial charge is 0.340 e. The van der Waals surface area contributed by atoms with Gasteiger partial charge < -0.3 is 14.6 Å². The van der Waals surface area contributed by atoms with Gasteiger partial charge in [0.15, 0.2) is 0 Å². The van der Waals surface area contributed by atoms with E-state index in [1.165, 1.54) is 0 Å². The first-order chi connectivity index (χ1) is 5.36. The van der Waals surface area contributed by atoms with E-state index in [4.69, 9.17) is 4.74 Å². The molecule has 1 aliphatic heterocycles. The maximum Gasteiger partial charge on any atom is 0.340 e. The molecule has 4 nitrogen and oxygen atoms in total. The Morgan fingerprint density at radius 3 is 2.17 bits per heavy atom. The topological polar surface area (TPSA) is 66.4 Å². The molecular weight excluding hydrogens is 160 g/mol. The molecule has 1 heterocycles. The molecule has 0 radical (unpaired) electrons. The summed E-state index contributed by atoms with van der Waals surface area (Å²) in [6.45, 7) is 4.82. The fourth-order valence-electron chi connectivity index (χ4n) is 1.05. The Hall–Kier alpha value is -1.32. The Kier molecular flexibility index (Phi) is 1.71. The van der Waals surface area contributed by atoms with Crippen molar-refractivity contribution in [3.63, 3.8) is 0 Å². The summed E-state index contributed by atoms with van der Waals surface area (Å²) in [6, 6.07) is 0. The number of carboxylic acids is 1. The summed E-state index contributed by atoms with van der Waals surface area (Å²) < 4.78 is 4.80. The molecule has 12 heavy (non-hydrogen) atoms. The molecule has 0 aromatic heterocycles. The number of carboxylic acid groups (broad SMARTS) is 1. The van der Waals surface area contributed by atoms with Gasteiger partial charge in [-0.1, -0.05) is 0 Å². The zero-order chi connectivity index (χ0) is 9.52. The predicted octanol–water partition coefficient (Wildman–Crippen LogP) is -0.612. The highest BCUT2D eigenvalue weighted by Gasteiger charge is 2.37. The van der Waals surface area contributed by atoms with Crippen LogP contribution >= 0.6 is 0 Å². The summed E-state index contributed by atoms with van der Waals surface area (Å²) in [5.41, 5.74) is -0.751. The third kappa shape index (κ3) is 1.09. The molecule has 0 aliphatic carbocycles. The van der Waals surface area contributed by atoms with E-state index in [1.807, 2.05) is 0 Å². The van der Waals surface area contributed by atoms with E-state index in [9.17, 15) is 14.7 Å². The van der Waals surface area contributed by atoms with Gasteiger partial charge in [-0.25, -0.2) is 4.79 Å². The molecule has 0 fully saturated rings. The highest BCUT2D eigenvalue weighted by molar-refractivity contribution is 6.15. The summed E-state index contributed by atoms with van der Waals surface area (Å²) in [7, 11) is 0. The SMILES string of the molecule is CC1=C(C(=O)[O-])C(=O)OC1(C)C. The van der Waals surface area contributed by atoms with Gasteiger partial charge in [0.25, 0.3) is 0 Å². The molecule has 1 aliphatic rings. The Balaban J connectivity index is 3.20. The van der Waals surface area contributed by atoms with Gasteiger partial charge in [-0.05, 0) is 26.3 Å². The van der Waals surface area contributed by atoms with Crippen LogP contribution in [0.2, 0.25) is 0 Å². The van der Waals surface area contributed by atoms with Gasteiger partial charge >= 0.3 is 5.97 Å². The largest absolute Gasteiger partial charge is 0.545 e. The second-order valence-corrected chi connectivity index (χ2v) is 3.19. The molecule has 0 saturated carbocycles. The first kappa shape index (κ1) is 8.77. The summed E-state index contributed by atoms with van der Waals surface area (Å²) >= 11 is 0. The molecule has 0 N–H and O–H groups in total. The molecule has 0 aromatic carbocycles. The molecule has 0 bridgehead atoms. The monoisotopic (exact) mass is 169 g/mol. The lowest BCUT2D eigenvalue weighted by Gasteiger charge is -2.18. The van der Waals surface area contributed by atoms with Crippen molar-refractivity contribution in [2.75, 3.05) is 0 Å². The maximum atomic E-state index is 10.9. The molecule has 0 saturated heterocycles. The molecule has 66 valence electrons. The van der Waals surface area contributed by atoms with Crippen LogP contribution in [0.1, 0.15) is 20.8 Å². The van der Waals surface area contributed by atoms with Crippen molar-refractivity contribution in [3.8, 4) is 0 Å². The molecule has 0 amide bonds. The minimum Gasteiger partial charge on any atom is -0.545 e. The highest BCUT2D eigenvalue weighted by atomic mass is 16.6. The van der Waals surface area contributed by atoms with Crippen LogP contribution in [-0.4, -0.2) is 17.5 Å². The Labute approximate surface area is 69.8 Å². The number of esters is 1. The van der Waals surface area contributed by atoms with Crippen LogP contribution in [-0.2, 0) is 14.3 Å². The maximum absolute atomic E-state index is 10.9. The van der Waals surface area contributed by atoms with Gasteiger partial charge in [0.2, 0.25) is 0 Å². The predicted molar refractivity (Wildman–Crippen MR) is 37.9 cm³/mol. The van der Waals surface area contributed by atoms with Crippen molar-refractivity contribution in [2.24, 2.45) is 0 Å². The molecule has 0 aromatic rings. The third-order valence-electron chi connectivity index (χ3n) is 2.03. The lowest BCUT2D eigenvalue weighted by atomic mass is 9.98. The van der Waals surface area contributed by atoms with E-state index < -0.39 is 17.5 Å². The van der Waals surface area contributed by atoms with Crippen molar-refractivity contribution in [3.05, 3.63) is 11.1 Å². The lowest BCUT2D eigenvalue weighted by molar-refractivity contribution is -0.298. The van der Waals surface area contributed by atoms with Crippen molar-refractivity contribution >= 4 is 11.9 Å². The van der Waals surface area contributed by atoms with E-state index in [2.05, 4.69) is 0 Å². The van der Waals surface area contributed by atoms with Crippen molar-refractivity contribution in [1.82, 2.24) is 0 Å². The molecule has 0 unspecified atom stereocenters. The van der Waals surface area contributed by atoms with Gasteiger partial charge in [0, 0.05) is 0 Å². The number of cyclic esters (lactones) is 1. The molecule has 1 rings (SSSR count). The zero-order valence-corrected chi connectivity index (χ0v) is 7.13. The van der Waals surface area contributed by atoms with Gasteiger partial charge in [-0.3, -0.25) is 0 Å².